The lowest BCUT2D eigenvalue weighted by atomic mass is 10.1. The van der Waals surface area contributed by atoms with Crippen LogP contribution in [0.2, 0.25) is 5.02 Å². The van der Waals surface area contributed by atoms with E-state index in [2.05, 4.69) is 10.6 Å². The molecule has 0 aliphatic carbocycles. The molecule has 23 heavy (non-hydrogen) atoms. The topological polar surface area (TPSA) is 67.4 Å². The average Bonchev–Trinajstić information content (AvgIpc) is 2.54. The van der Waals surface area contributed by atoms with Crippen LogP contribution in [0.25, 0.3) is 0 Å². The predicted molar refractivity (Wildman–Crippen MR) is 87.8 cm³/mol. The molecule has 2 amide bonds. The zero-order valence-corrected chi connectivity index (χ0v) is 13.2. The van der Waals surface area contributed by atoms with Gasteiger partial charge in [0.15, 0.2) is 6.10 Å². The van der Waals surface area contributed by atoms with Crippen molar-refractivity contribution in [2.45, 2.75) is 19.6 Å². The molecule has 5 nitrogen and oxygen atoms in total. The van der Waals surface area contributed by atoms with E-state index in [4.69, 9.17) is 16.3 Å². The quantitative estimate of drug-likeness (QED) is 0.909. The van der Waals surface area contributed by atoms with Crippen LogP contribution in [0.15, 0.2) is 42.5 Å². The number of hydrogen-bond acceptors (Lipinski definition) is 3. The first kappa shape index (κ1) is 15.4. The number of hydrogen-bond donors (Lipinski definition) is 2. The minimum Gasteiger partial charge on any atom is -0.479 e. The molecule has 0 saturated carbocycles. The summed E-state index contributed by atoms with van der Waals surface area (Å²) in [7, 11) is 0. The molecule has 2 aromatic rings. The van der Waals surface area contributed by atoms with Crippen LogP contribution in [0.4, 0.5) is 5.69 Å². The molecule has 0 spiro atoms. The van der Waals surface area contributed by atoms with E-state index in [1.807, 2.05) is 6.07 Å². The Balaban J connectivity index is 1.67. The number of fused-ring (bicyclic) bond motifs is 1. The van der Waals surface area contributed by atoms with E-state index in [0.29, 0.717) is 28.6 Å². The van der Waals surface area contributed by atoms with Gasteiger partial charge in [0, 0.05) is 17.1 Å². The monoisotopic (exact) mass is 330 g/mol. The van der Waals surface area contributed by atoms with Crippen LogP contribution in [0.3, 0.4) is 0 Å². The van der Waals surface area contributed by atoms with Gasteiger partial charge in [-0.05, 0) is 48.9 Å². The van der Waals surface area contributed by atoms with Crippen molar-refractivity contribution in [1.82, 2.24) is 5.32 Å². The summed E-state index contributed by atoms with van der Waals surface area (Å²) in [5.74, 6) is 0.262. The van der Waals surface area contributed by atoms with E-state index in [1.54, 1.807) is 43.3 Å². The molecule has 0 radical (unpaired) electrons. The Morgan fingerprint density at radius 2 is 2.00 bits per heavy atom. The SMILES string of the molecule is CC1Oc2ccc(CNC(=O)c3ccc(Cl)cc3)cc2NC1=O. The molecule has 0 fully saturated rings. The lowest BCUT2D eigenvalue weighted by Gasteiger charge is -2.23. The molecular formula is C17H15ClN2O3. The lowest BCUT2D eigenvalue weighted by Crippen LogP contribution is -2.34. The number of amides is 2. The van der Waals surface area contributed by atoms with Gasteiger partial charge >= 0.3 is 0 Å². The molecule has 1 heterocycles. The fraction of sp³-hybridized carbons (Fsp3) is 0.176. The van der Waals surface area contributed by atoms with Crippen LogP contribution in [0.5, 0.6) is 5.75 Å². The van der Waals surface area contributed by atoms with Gasteiger partial charge in [-0.3, -0.25) is 9.59 Å². The zero-order valence-electron chi connectivity index (χ0n) is 12.4. The average molecular weight is 331 g/mol. The Labute approximate surface area is 138 Å². The molecule has 0 saturated heterocycles. The van der Waals surface area contributed by atoms with Crippen molar-refractivity contribution in [3.05, 3.63) is 58.6 Å². The number of ether oxygens (including phenoxy) is 1. The first-order valence-electron chi connectivity index (χ1n) is 7.17. The van der Waals surface area contributed by atoms with Crippen LogP contribution in [0, 0.1) is 0 Å². The van der Waals surface area contributed by atoms with E-state index >= 15 is 0 Å². The van der Waals surface area contributed by atoms with Gasteiger partial charge in [0.1, 0.15) is 5.75 Å². The second-order valence-corrected chi connectivity index (χ2v) is 5.71. The van der Waals surface area contributed by atoms with Crippen molar-refractivity contribution < 1.29 is 14.3 Å². The van der Waals surface area contributed by atoms with Crippen molar-refractivity contribution in [3.8, 4) is 5.75 Å². The number of rotatable bonds is 3. The predicted octanol–water partition coefficient (Wildman–Crippen LogP) is 2.99. The molecule has 1 aliphatic rings. The van der Waals surface area contributed by atoms with E-state index in [1.165, 1.54) is 0 Å². The van der Waals surface area contributed by atoms with Gasteiger partial charge in [-0.15, -0.1) is 0 Å². The smallest absolute Gasteiger partial charge is 0.265 e. The highest BCUT2D eigenvalue weighted by atomic mass is 35.5. The fourth-order valence-corrected chi connectivity index (χ4v) is 2.38. The maximum Gasteiger partial charge on any atom is 0.265 e. The van der Waals surface area contributed by atoms with Crippen molar-refractivity contribution in [1.29, 1.82) is 0 Å². The highest BCUT2D eigenvalue weighted by Gasteiger charge is 2.23. The third-order valence-electron chi connectivity index (χ3n) is 3.53. The molecule has 2 N–H and O–H groups in total. The zero-order chi connectivity index (χ0) is 16.4. The Morgan fingerprint density at radius 1 is 1.26 bits per heavy atom. The number of carbonyl (C=O) groups excluding carboxylic acids is 2. The van der Waals surface area contributed by atoms with Gasteiger partial charge in [0.05, 0.1) is 5.69 Å². The summed E-state index contributed by atoms with van der Waals surface area (Å²) in [5.41, 5.74) is 2.02. The van der Waals surface area contributed by atoms with Crippen LogP contribution >= 0.6 is 11.6 Å². The second-order valence-electron chi connectivity index (χ2n) is 5.27. The molecule has 0 bridgehead atoms. The summed E-state index contributed by atoms with van der Waals surface area (Å²) >= 11 is 5.80. The molecular weight excluding hydrogens is 316 g/mol. The van der Waals surface area contributed by atoms with Crippen molar-refractivity contribution >= 4 is 29.1 Å². The Hall–Kier alpha value is -2.53. The summed E-state index contributed by atoms with van der Waals surface area (Å²) in [5, 5.41) is 6.19. The number of halogens is 1. The van der Waals surface area contributed by atoms with Crippen LogP contribution < -0.4 is 15.4 Å². The second kappa shape index (κ2) is 6.30. The van der Waals surface area contributed by atoms with Crippen LogP contribution in [-0.2, 0) is 11.3 Å². The Morgan fingerprint density at radius 3 is 2.74 bits per heavy atom. The molecule has 1 aliphatic heterocycles. The number of anilines is 1. The van der Waals surface area contributed by atoms with Gasteiger partial charge in [-0.2, -0.15) is 0 Å². The summed E-state index contributed by atoms with van der Waals surface area (Å²) in [4.78, 5) is 23.7. The summed E-state index contributed by atoms with van der Waals surface area (Å²) in [6.45, 7) is 2.04. The van der Waals surface area contributed by atoms with E-state index in [-0.39, 0.29) is 11.8 Å². The number of benzene rings is 2. The summed E-state index contributed by atoms with van der Waals surface area (Å²) < 4.78 is 5.49. The number of carbonyl (C=O) groups is 2. The minimum absolute atomic E-state index is 0.181. The first-order chi connectivity index (χ1) is 11.0. The molecule has 3 rings (SSSR count). The molecule has 6 heteroatoms. The maximum atomic E-state index is 12.1. The standard InChI is InChI=1S/C17H15ClN2O3/c1-10-16(21)20-14-8-11(2-7-15(14)23-10)9-19-17(22)12-3-5-13(18)6-4-12/h2-8,10H,9H2,1H3,(H,19,22)(H,20,21). The normalized spacial score (nSPS) is 16.1. The van der Waals surface area contributed by atoms with Gasteiger partial charge in [0.25, 0.3) is 11.8 Å². The van der Waals surface area contributed by atoms with Crippen molar-refractivity contribution in [2.24, 2.45) is 0 Å². The van der Waals surface area contributed by atoms with E-state index in [9.17, 15) is 9.59 Å². The van der Waals surface area contributed by atoms with Gasteiger partial charge < -0.3 is 15.4 Å². The van der Waals surface area contributed by atoms with Gasteiger partial charge in [0.2, 0.25) is 0 Å². The summed E-state index contributed by atoms with van der Waals surface area (Å²) in [6.07, 6.45) is -0.502. The lowest BCUT2D eigenvalue weighted by molar-refractivity contribution is -0.122. The van der Waals surface area contributed by atoms with Gasteiger partial charge in [-0.25, -0.2) is 0 Å². The van der Waals surface area contributed by atoms with Crippen LogP contribution in [0.1, 0.15) is 22.8 Å². The van der Waals surface area contributed by atoms with Crippen LogP contribution in [-0.4, -0.2) is 17.9 Å². The Kier molecular flexibility index (Phi) is 4.21. The number of nitrogens with one attached hydrogen (secondary N) is 2. The molecule has 118 valence electrons. The fourth-order valence-electron chi connectivity index (χ4n) is 2.25. The molecule has 1 unspecified atom stereocenters. The van der Waals surface area contributed by atoms with Gasteiger partial charge in [-0.1, -0.05) is 17.7 Å². The molecule has 1 atom stereocenters. The Bertz CT molecular complexity index is 759. The third-order valence-corrected chi connectivity index (χ3v) is 3.79. The summed E-state index contributed by atoms with van der Waals surface area (Å²) in [6, 6.07) is 12.1. The minimum atomic E-state index is -0.502. The molecule has 2 aromatic carbocycles. The van der Waals surface area contributed by atoms with Crippen molar-refractivity contribution in [3.63, 3.8) is 0 Å². The van der Waals surface area contributed by atoms with E-state index in [0.717, 1.165) is 5.56 Å². The highest BCUT2D eigenvalue weighted by Crippen LogP contribution is 2.30. The largest absolute Gasteiger partial charge is 0.479 e. The first-order valence-corrected chi connectivity index (χ1v) is 7.55. The third kappa shape index (κ3) is 3.46. The maximum absolute atomic E-state index is 12.1. The van der Waals surface area contributed by atoms with Crippen molar-refractivity contribution in [2.75, 3.05) is 5.32 Å². The van der Waals surface area contributed by atoms with E-state index < -0.39 is 6.10 Å². The highest BCUT2D eigenvalue weighted by molar-refractivity contribution is 6.30. The molecule has 0 aromatic heterocycles.